The molecule has 6 rings (SSSR count). The molecule has 3 N–H and O–H groups in total. The van der Waals surface area contributed by atoms with E-state index in [-0.39, 0.29) is 40.2 Å². The molecule has 5 aromatic rings. The Labute approximate surface area is 229 Å². The Balaban J connectivity index is 1.47. The number of nitrogens with one attached hydrogen (secondary N) is 3. The number of benzene rings is 2. The highest BCUT2D eigenvalue weighted by Gasteiger charge is 2.36. The Morgan fingerprint density at radius 1 is 1.08 bits per heavy atom. The van der Waals surface area contributed by atoms with Gasteiger partial charge in [-0.15, -0.1) is 0 Å². The van der Waals surface area contributed by atoms with Crippen LogP contribution in [0.25, 0.3) is 10.1 Å². The lowest BCUT2D eigenvalue weighted by Gasteiger charge is -2.28. The second kappa shape index (κ2) is 9.89. The first-order chi connectivity index (χ1) is 18.9. The summed E-state index contributed by atoms with van der Waals surface area (Å²) in [6, 6.07) is 13.2. The average Bonchev–Trinajstić information content (AvgIpc) is 3.52. The topological polar surface area (TPSA) is 131 Å². The number of fused-ring (bicyclic) bond motifs is 2. The summed E-state index contributed by atoms with van der Waals surface area (Å²) in [6.45, 7) is -0.264. The molecule has 0 saturated heterocycles. The van der Waals surface area contributed by atoms with Gasteiger partial charge in [0, 0.05) is 34.1 Å². The molecule has 1 atom stereocenters. The Morgan fingerprint density at radius 2 is 1.87 bits per heavy atom. The largest absolute Gasteiger partial charge is 0.342 e. The molecule has 1 aliphatic heterocycles. The summed E-state index contributed by atoms with van der Waals surface area (Å²) in [5.41, 5.74) is 1.13. The maximum absolute atomic E-state index is 14.3. The van der Waals surface area contributed by atoms with Crippen molar-refractivity contribution >= 4 is 62.4 Å². The van der Waals surface area contributed by atoms with Crippen LogP contribution in [0.5, 0.6) is 0 Å². The van der Waals surface area contributed by atoms with E-state index in [1.807, 2.05) is 12.1 Å². The fourth-order valence-electron chi connectivity index (χ4n) is 4.40. The molecule has 3 aromatic heterocycles. The van der Waals surface area contributed by atoms with Gasteiger partial charge < -0.3 is 20.5 Å². The van der Waals surface area contributed by atoms with E-state index in [0.29, 0.717) is 11.1 Å². The molecule has 0 saturated carbocycles. The van der Waals surface area contributed by atoms with Crippen LogP contribution in [0.15, 0.2) is 67.0 Å². The highest BCUT2D eigenvalue weighted by atomic mass is 35.5. The first kappa shape index (κ1) is 24.6. The highest BCUT2D eigenvalue weighted by Crippen LogP contribution is 2.36. The maximum atomic E-state index is 14.3. The van der Waals surface area contributed by atoms with Gasteiger partial charge in [0.25, 0.3) is 11.8 Å². The van der Waals surface area contributed by atoms with Gasteiger partial charge in [-0.2, -0.15) is 4.37 Å². The molecule has 194 valence electrons. The lowest BCUT2D eigenvalue weighted by atomic mass is 10.0. The molecule has 4 heterocycles. The van der Waals surface area contributed by atoms with E-state index in [9.17, 15) is 18.8 Å². The molecule has 3 amide bonds. The summed E-state index contributed by atoms with van der Waals surface area (Å²) in [6.07, 6.45) is 3.02. The van der Waals surface area contributed by atoms with E-state index in [1.54, 1.807) is 24.3 Å². The van der Waals surface area contributed by atoms with Crippen LogP contribution in [0.2, 0.25) is 5.02 Å². The number of carbonyl (C=O) groups excluding carboxylic acids is 3. The smallest absolute Gasteiger partial charge is 0.291 e. The molecule has 0 bridgehead atoms. The van der Waals surface area contributed by atoms with E-state index in [1.165, 1.54) is 46.7 Å². The van der Waals surface area contributed by atoms with Gasteiger partial charge in [-0.1, -0.05) is 29.8 Å². The third kappa shape index (κ3) is 4.60. The normalized spacial score (nSPS) is 14.5. The number of hydrogen-bond acceptors (Lipinski definition) is 7. The summed E-state index contributed by atoms with van der Waals surface area (Å²) in [5, 5.41) is 9.08. The lowest BCUT2D eigenvalue weighted by Crippen LogP contribution is -2.40. The summed E-state index contributed by atoms with van der Waals surface area (Å²) in [5.74, 6) is -2.34. The number of amides is 3. The number of carbonyl (C=O) groups is 3. The van der Waals surface area contributed by atoms with Crippen LogP contribution in [-0.4, -0.2) is 36.6 Å². The van der Waals surface area contributed by atoms with Gasteiger partial charge in [-0.25, -0.2) is 9.37 Å². The van der Waals surface area contributed by atoms with Gasteiger partial charge in [0.05, 0.1) is 16.4 Å². The van der Waals surface area contributed by atoms with E-state index in [0.717, 1.165) is 4.70 Å². The van der Waals surface area contributed by atoms with Crippen molar-refractivity contribution < 1.29 is 18.8 Å². The van der Waals surface area contributed by atoms with Crippen LogP contribution in [0.4, 0.5) is 15.9 Å². The second-order valence-electron chi connectivity index (χ2n) is 8.59. The zero-order chi connectivity index (χ0) is 27.1. The molecule has 0 fully saturated rings. The Morgan fingerprint density at radius 3 is 2.69 bits per heavy atom. The fraction of sp³-hybridized carbons (Fsp3) is 0.0769. The number of aromatic nitrogens is 4. The maximum Gasteiger partial charge on any atom is 0.291 e. The number of nitrogens with zero attached hydrogens (tertiary/aromatic N) is 4. The first-order valence-electron chi connectivity index (χ1n) is 11.6. The number of hydrogen-bond donors (Lipinski definition) is 3. The minimum Gasteiger partial charge on any atom is -0.342 e. The summed E-state index contributed by atoms with van der Waals surface area (Å²) < 4.78 is 20.7. The first-order valence-corrected chi connectivity index (χ1v) is 12.8. The zero-order valence-electron chi connectivity index (χ0n) is 19.8. The Hall–Kier alpha value is -4.68. The van der Waals surface area contributed by atoms with E-state index in [2.05, 4.69) is 30.3 Å². The minimum absolute atomic E-state index is 0.00212. The van der Waals surface area contributed by atoms with Crippen molar-refractivity contribution in [3.8, 4) is 0 Å². The molecule has 39 heavy (non-hydrogen) atoms. The molecule has 0 unspecified atom stereocenters. The summed E-state index contributed by atoms with van der Waals surface area (Å²) in [7, 11) is 0. The van der Waals surface area contributed by atoms with E-state index < -0.39 is 29.6 Å². The average molecular weight is 562 g/mol. The monoisotopic (exact) mass is 561 g/mol. The Bertz CT molecular complexity index is 1770. The third-order valence-corrected chi connectivity index (χ3v) is 7.29. The molecule has 2 aromatic carbocycles. The molecular weight excluding hydrogens is 545 g/mol. The molecule has 0 spiro atoms. The minimum atomic E-state index is -1.01. The van der Waals surface area contributed by atoms with Crippen LogP contribution in [0.1, 0.15) is 38.4 Å². The van der Waals surface area contributed by atoms with Crippen molar-refractivity contribution in [1.82, 2.24) is 24.2 Å². The van der Waals surface area contributed by atoms with Gasteiger partial charge in [0.2, 0.25) is 11.7 Å². The lowest BCUT2D eigenvalue weighted by molar-refractivity contribution is -0.123. The van der Waals surface area contributed by atoms with E-state index in [4.69, 9.17) is 11.6 Å². The van der Waals surface area contributed by atoms with Crippen molar-refractivity contribution in [3.63, 3.8) is 0 Å². The van der Waals surface area contributed by atoms with Crippen molar-refractivity contribution in [2.75, 3.05) is 10.6 Å². The summed E-state index contributed by atoms with van der Waals surface area (Å²) >= 11 is 7.57. The van der Waals surface area contributed by atoms with Crippen LogP contribution in [0.3, 0.4) is 0 Å². The quantitative estimate of drug-likeness (QED) is 0.291. The Kier molecular flexibility index (Phi) is 6.25. The van der Waals surface area contributed by atoms with Crippen molar-refractivity contribution in [2.45, 2.75) is 12.6 Å². The van der Waals surface area contributed by atoms with Gasteiger partial charge >= 0.3 is 0 Å². The third-order valence-electron chi connectivity index (χ3n) is 6.12. The predicted molar refractivity (Wildman–Crippen MR) is 143 cm³/mol. The molecule has 0 aliphatic carbocycles. The molecule has 1 aliphatic rings. The predicted octanol–water partition coefficient (Wildman–Crippen LogP) is 4.40. The van der Waals surface area contributed by atoms with Crippen LogP contribution in [0, 0.1) is 5.82 Å². The molecule has 13 heteroatoms. The second-order valence-corrected chi connectivity index (χ2v) is 9.81. The molecule has 10 nitrogen and oxygen atoms in total. The van der Waals surface area contributed by atoms with Gasteiger partial charge in [-0.3, -0.25) is 19.4 Å². The van der Waals surface area contributed by atoms with E-state index >= 15 is 0 Å². The molecule has 0 radical (unpaired) electrons. The van der Waals surface area contributed by atoms with Gasteiger partial charge in [0.1, 0.15) is 18.1 Å². The van der Waals surface area contributed by atoms with Crippen LogP contribution in [-0.2, 0) is 11.3 Å². The van der Waals surface area contributed by atoms with Crippen molar-refractivity contribution in [2.24, 2.45) is 0 Å². The number of rotatable bonds is 5. The van der Waals surface area contributed by atoms with Gasteiger partial charge in [-0.05, 0) is 47.9 Å². The fourth-order valence-corrected chi connectivity index (χ4v) is 5.40. The summed E-state index contributed by atoms with van der Waals surface area (Å²) in [4.78, 5) is 47.8. The standard InChI is InChI=1S/C26H17ClFN7O3S/c27-17-6-5-13(28)11-16(17)20-22-23(33-25(37)21-15-3-1-2-4-18(15)39-34-21)32-24(35(22)12-19(36)31-20)26(38)30-14-7-9-29-10-8-14/h1-11,20H,12H2,(H,31,36)(H,33,37)(H,29,30,38)/t20-/m0/s1. The van der Waals surface area contributed by atoms with Gasteiger partial charge in [0.15, 0.2) is 5.82 Å². The number of pyridine rings is 1. The van der Waals surface area contributed by atoms with Crippen molar-refractivity contribution in [3.05, 3.63) is 101 Å². The zero-order valence-corrected chi connectivity index (χ0v) is 21.4. The number of halogens is 2. The van der Waals surface area contributed by atoms with Crippen molar-refractivity contribution in [1.29, 1.82) is 0 Å². The molecular formula is C26H17ClFN7O3S. The van der Waals surface area contributed by atoms with Crippen LogP contribution >= 0.6 is 23.1 Å². The number of anilines is 2. The highest BCUT2D eigenvalue weighted by molar-refractivity contribution is 7.13. The SMILES string of the molecule is O=C1Cn2c(C(=O)Nc3ccncc3)nc(NC(=O)c3nsc4ccccc34)c2[C@H](c2cc(F)ccc2Cl)N1. The van der Waals surface area contributed by atoms with Crippen LogP contribution < -0.4 is 16.0 Å². The number of imidazole rings is 1.